The summed E-state index contributed by atoms with van der Waals surface area (Å²) in [6.07, 6.45) is 1.85. The maximum absolute atomic E-state index is 9.49. The molecule has 1 aromatic heterocycles. The second-order valence-corrected chi connectivity index (χ2v) is 6.02. The number of phenolic OH excluding ortho intramolecular Hbond substituents is 1. The Morgan fingerprint density at radius 3 is 2.96 bits per heavy atom. The van der Waals surface area contributed by atoms with Gasteiger partial charge in [0.05, 0.1) is 5.02 Å². The number of benzene rings is 2. The summed E-state index contributed by atoms with van der Waals surface area (Å²) in [5.74, 6) is 0.918. The molecule has 4 rings (SSSR count). The maximum atomic E-state index is 9.49. The van der Waals surface area contributed by atoms with Gasteiger partial charge in [-0.05, 0) is 42.2 Å². The van der Waals surface area contributed by atoms with Crippen molar-refractivity contribution in [1.82, 2.24) is 10.1 Å². The number of halogens is 1. The van der Waals surface area contributed by atoms with Crippen LogP contribution in [0.5, 0.6) is 5.75 Å². The van der Waals surface area contributed by atoms with Crippen molar-refractivity contribution in [3.8, 4) is 28.6 Å². The molecule has 0 saturated carbocycles. The topological polar surface area (TPSA) is 85.2 Å². The first-order chi connectivity index (χ1) is 11.1. The molecule has 2 aromatic carbocycles. The van der Waals surface area contributed by atoms with Crippen molar-refractivity contribution in [3.63, 3.8) is 0 Å². The van der Waals surface area contributed by atoms with Gasteiger partial charge in [0.1, 0.15) is 5.75 Å². The Morgan fingerprint density at radius 1 is 1.26 bits per heavy atom. The van der Waals surface area contributed by atoms with Crippen LogP contribution in [0.15, 0.2) is 40.9 Å². The van der Waals surface area contributed by atoms with Gasteiger partial charge in [-0.3, -0.25) is 0 Å². The average molecular weight is 328 g/mol. The van der Waals surface area contributed by atoms with Crippen molar-refractivity contribution < 1.29 is 9.63 Å². The van der Waals surface area contributed by atoms with Crippen LogP contribution in [0.4, 0.5) is 0 Å². The van der Waals surface area contributed by atoms with Crippen LogP contribution in [-0.2, 0) is 6.42 Å². The Morgan fingerprint density at radius 2 is 2.13 bits per heavy atom. The fraction of sp³-hybridized carbons (Fsp3) is 0.176. The van der Waals surface area contributed by atoms with E-state index < -0.39 is 0 Å². The predicted molar refractivity (Wildman–Crippen MR) is 87.1 cm³/mol. The molecular formula is C17H14ClN3O2. The lowest BCUT2D eigenvalue weighted by molar-refractivity contribution is 0.432. The molecule has 1 atom stereocenters. The number of nitrogens with two attached hydrogens (primary N) is 1. The van der Waals surface area contributed by atoms with Gasteiger partial charge < -0.3 is 15.4 Å². The van der Waals surface area contributed by atoms with Crippen LogP contribution in [0, 0.1) is 0 Å². The van der Waals surface area contributed by atoms with Crippen LogP contribution in [0.3, 0.4) is 0 Å². The molecule has 0 fully saturated rings. The minimum absolute atomic E-state index is 0.0185. The molecule has 0 amide bonds. The third kappa shape index (κ3) is 2.38. The summed E-state index contributed by atoms with van der Waals surface area (Å²) in [6, 6.07) is 10.9. The van der Waals surface area contributed by atoms with E-state index in [4.69, 9.17) is 21.9 Å². The van der Waals surface area contributed by atoms with Crippen LogP contribution in [-0.4, -0.2) is 15.2 Å². The molecule has 6 heteroatoms. The van der Waals surface area contributed by atoms with Crippen molar-refractivity contribution in [2.24, 2.45) is 5.73 Å². The lowest BCUT2D eigenvalue weighted by atomic mass is 10.0. The molecule has 0 spiro atoms. The molecule has 1 aliphatic carbocycles. The van der Waals surface area contributed by atoms with E-state index in [9.17, 15) is 5.11 Å². The lowest BCUT2D eigenvalue weighted by Crippen LogP contribution is -2.04. The van der Waals surface area contributed by atoms with E-state index in [0.29, 0.717) is 17.3 Å². The summed E-state index contributed by atoms with van der Waals surface area (Å²) >= 11 is 5.93. The highest BCUT2D eigenvalue weighted by atomic mass is 35.5. The van der Waals surface area contributed by atoms with Crippen molar-refractivity contribution >= 4 is 11.6 Å². The molecule has 1 aliphatic rings. The van der Waals surface area contributed by atoms with Crippen molar-refractivity contribution in [2.45, 2.75) is 18.9 Å². The molecule has 3 aromatic rings. The van der Waals surface area contributed by atoms with Gasteiger partial charge in [0, 0.05) is 17.2 Å². The van der Waals surface area contributed by atoms with Crippen LogP contribution in [0.25, 0.3) is 22.8 Å². The zero-order chi connectivity index (χ0) is 16.0. The van der Waals surface area contributed by atoms with E-state index in [2.05, 4.69) is 16.2 Å². The number of rotatable bonds is 2. The van der Waals surface area contributed by atoms with Gasteiger partial charge in [0.15, 0.2) is 0 Å². The van der Waals surface area contributed by atoms with E-state index in [1.54, 1.807) is 12.1 Å². The molecule has 1 heterocycles. The summed E-state index contributed by atoms with van der Waals surface area (Å²) in [6.45, 7) is 0. The maximum Gasteiger partial charge on any atom is 0.258 e. The number of nitrogens with zero attached hydrogens (tertiary/aromatic N) is 2. The highest BCUT2D eigenvalue weighted by Gasteiger charge is 2.24. The number of hydrogen-bond donors (Lipinski definition) is 2. The average Bonchev–Trinajstić information content (AvgIpc) is 3.18. The number of hydrogen-bond acceptors (Lipinski definition) is 5. The Bertz CT molecular complexity index is 891. The molecule has 5 nitrogen and oxygen atoms in total. The Hall–Kier alpha value is -2.37. The number of aromatic hydroxyl groups is 1. The van der Waals surface area contributed by atoms with E-state index >= 15 is 0 Å². The SMILES string of the molecule is NC1CCc2c(-c3noc(-c4ccc(O)c(Cl)c4)n3)cccc21. The first kappa shape index (κ1) is 14.2. The van der Waals surface area contributed by atoms with Gasteiger partial charge in [-0.15, -0.1) is 0 Å². The zero-order valence-corrected chi connectivity index (χ0v) is 12.9. The smallest absolute Gasteiger partial charge is 0.258 e. The number of fused-ring (bicyclic) bond motifs is 1. The van der Waals surface area contributed by atoms with Crippen LogP contribution >= 0.6 is 11.6 Å². The Balaban J connectivity index is 1.76. The number of phenols is 1. The van der Waals surface area contributed by atoms with Crippen LogP contribution in [0.1, 0.15) is 23.6 Å². The van der Waals surface area contributed by atoms with E-state index in [1.165, 1.54) is 11.6 Å². The van der Waals surface area contributed by atoms with Crippen LogP contribution < -0.4 is 5.73 Å². The van der Waals surface area contributed by atoms with Gasteiger partial charge in [-0.1, -0.05) is 35.0 Å². The summed E-state index contributed by atoms with van der Waals surface area (Å²) < 4.78 is 5.35. The zero-order valence-electron chi connectivity index (χ0n) is 12.2. The lowest BCUT2D eigenvalue weighted by Gasteiger charge is -2.06. The standard InChI is InChI=1S/C17H14ClN3O2/c18-13-8-9(4-7-15(13)22)17-20-16(21-23-17)12-3-1-2-11-10(12)5-6-14(11)19/h1-4,7-8,14,22H,5-6,19H2. The molecule has 3 N–H and O–H groups in total. The first-order valence-corrected chi connectivity index (χ1v) is 7.71. The third-order valence-corrected chi connectivity index (χ3v) is 4.48. The molecule has 116 valence electrons. The molecule has 23 heavy (non-hydrogen) atoms. The van der Waals surface area contributed by atoms with Gasteiger partial charge >= 0.3 is 0 Å². The minimum Gasteiger partial charge on any atom is -0.506 e. The monoisotopic (exact) mass is 327 g/mol. The second-order valence-electron chi connectivity index (χ2n) is 5.61. The second kappa shape index (κ2) is 5.37. The van der Waals surface area contributed by atoms with Crippen molar-refractivity contribution in [1.29, 1.82) is 0 Å². The largest absolute Gasteiger partial charge is 0.506 e. The van der Waals surface area contributed by atoms with Gasteiger partial charge in [-0.2, -0.15) is 4.98 Å². The number of aromatic nitrogens is 2. The van der Waals surface area contributed by atoms with Crippen LogP contribution in [0.2, 0.25) is 5.02 Å². The fourth-order valence-electron chi connectivity index (χ4n) is 2.99. The van der Waals surface area contributed by atoms with Crippen molar-refractivity contribution in [2.75, 3.05) is 0 Å². The quantitative estimate of drug-likeness (QED) is 0.749. The normalized spacial score (nSPS) is 16.5. The molecule has 0 saturated heterocycles. The predicted octanol–water partition coefficient (Wildman–Crippen LogP) is 3.71. The summed E-state index contributed by atoms with van der Waals surface area (Å²) in [4.78, 5) is 4.47. The molecular weight excluding hydrogens is 314 g/mol. The minimum atomic E-state index is 0.0185. The highest BCUT2D eigenvalue weighted by Crippen LogP contribution is 2.36. The van der Waals surface area contributed by atoms with Crippen molar-refractivity contribution in [3.05, 3.63) is 52.5 Å². The fourth-order valence-corrected chi connectivity index (χ4v) is 3.17. The molecule has 1 unspecified atom stereocenters. The molecule has 0 radical (unpaired) electrons. The summed E-state index contributed by atoms with van der Waals surface area (Å²) in [5, 5.41) is 13.8. The molecule has 0 bridgehead atoms. The Labute approximate surface area is 137 Å². The highest BCUT2D eigenvalue weighted by molar-refractivity contribution is 6.32. The third-order valence-electron chi connectivity index (χ3n) is 4.18. The van der Waals surface area contributed by atoms with E-state index in [-0.39, 0.29) is 16.8 Å². The van der Waals surface area contributed by atoms with E-state index in [1.807, 2.05) is 12.1 Å². The van der Waals surface area contributed by atoms with E-state index in [0.717, 1.165) is 24.0 Å². The van der Waals surface area contributed by atoms with Gasteiger partial charge in [0.25, 0.3) is 5.89 Å². The summed E-state index contributed by atoms with van der Waals surface area (Å²) in [5.41, 5.74) is 10.1. The molecule has 0 aliphatic heterocycles. The first-order valence-electron chi connectivity index (χ1n) is 7.34. The van der Waals surface area contributed by atoms with Gasteiger partial charge in [0.2, 0.25) is 5.82 Å². The Kier molecular flexibility index (Phi) is 3.32. The van der Waals surface area contributed by atoms with Gasteiger partial charge in [-0.25, -0.2) is 0 Å². The summed E-state index contributed by atoms with van der Waals surface area (Å²) in [7, 11) is 0.